The number of hydrogen-bond acceptors (Lipinski definition) is 7. The van der Waals surface area contributed by atoms with Crippen LogP contribution in [0.1, 0.15) is 31.4 Å². The number of ether oxygens (including phenoxy) is 2. The van der Waals surface area contributed by atoms with Gasteiger partial charge in [0.15, 0.2) is 0 Å². The second-order valence-electron chi connectivity index (χ2n) is 8.22. The molecule has 0 saturated carbocycles. The fraction of sp³-hybridized carbons (Fsp3) is 0.478. The first-order valence-corrected chi connectivity index (χ1v) is 10.3. The van der Waals surface area contributed by atoms with Gasteiger partial charge in [-0.25, -0.2) is 9.78 Å². The van der Waals surface area contributed by atoms with Crippen molar-refractivity contribution >= 4 is 16.9 Å². The topological polar surface area (TPSA) is 92.1 Å². The Balaban J connectivity index is 1.73. The van der Waals surface area contributed by atoms with E-state index in [1.165, 1.54) is 6.92 Å². The standard InChI is InChI=1S/C23H28N2O5/c1-4-14-12-25-8-7-15(14)9-20(25)22(27)18-11-21(30-23(28)13(2)26)24-19-6-5-16(29-3)10-17(18)19/h4-6,10-11,13-15,20,22,26-27H,1,7-9,12H2,2-3H3/t13?,14-,15?,20-,22+/m0/s1. The van der Waals surface area contributed by atoms with Crippen molar-refractivity contribution in [2.45, 2.75) is 38.0 Å². The van der Waals surface area contributed by atoms with Gasteiger partial charge in [0.1, 0.15) is 11.9 Å². The molecule has 160 valence electrons. The third-order valence-electron chi connectivity index (χ3n) is 6.41. The molecule has 30 heavy (non-hydrogen) atoms. The minimum atomic E-state index is -1.26. The van der Waals surface area contributed by atoms with Gasteiger partial charge in [-0.15, -0.1) is 6.58 Å². The van der Waals surface area contributed by atoms with E-state index in [1.54, 1.807) is 25.3 Å². The van der Waals surface area contributed by atoms with Crippen LogP contribution in [0.25, 0.3) is 10.9 Å². The Bertz CT molecular complexity index is 960. The molecule has 3 aliphatic heterocycles. The van der Waals surface area contributed by atoms with Crippen molar-refractivity contribution in [1.82, 2.24) is 9.88 Å². The summed E-state index contributed by atoms with van der Waals surface area (Å²) in [6.07, 6.45) is 1.99. The molecule has 0 aliphatic carbocycles. The zero-order chi connectivity index (χ0) is 21.4. The van der Waals surface area contributed by atoms with E-state index >= 15 is 0 Å². The van der Waals surface area contributed by atoms with Gasteiger partial charge >= 0.3 is 5.97 Å². The van der Waals surface area contributed by atoms with Crippen molar-refractivity contribution in [2.24, 2.45) is 11.8 Å². The van der Waals surface area contributed by atoms with E-state index in [0.29, 0.717) is 28.7 Å². The Morgan fingerprint density at radius 2 is 2.17 bits per heavy atom. The molecule has 2 aromatic rings. The van der Waals surface area contributed by atoms with Crippen LogP contribution in [0.15, 0.2) is 36.9 Å². The van der Waals surface area contributed by atoms with Crippen LogP contribution in [0.2, 0.25) is 0 Å². The summed E-state index contributed by atoms with van der Waals surface area (Å²) in [5.74, 6) is 0.905. The molecule has 3 aliphatic rings. The molecule has 3 unspecified atom stereocenters. The maximum atomic E-state index is 11.9. The summed E-state index contributed by atoms with van der Waals surface area (Å²) in [5.41, 5.74) is 1.22. The van der Waals surface area contributed by atoms with Gasteiger partial charge in [-0.05, 0) is 61.9 Å². The Kier molecular flexibility index (Phi) is 5.77. The summed E-state index contributed by atoms with van der Waals surface area (Å²) in [6, 6.07) is 6.94. The van der Waals surface area contributed by atoms with Crippen LogP contribution in [0, 0.1) is 11.8 Å². The fourth-order valence-electron chi connectivity index (χ4n) is 4.73. The van der Waals surface area contributed by atoms with E-state index in [-0.39, 0.29) is 11.9 Å². The number of fused-ring (bicyclic) bond motifs is 4. The number of nitrogens with zero attached hydrogens (tertiary/aromatic N) is 2. The van der Waals surface area contributed by atoms with Crippen LogP contribution in [0.4, 0.5) is 0 Å². The quantitative estimate of drug-likeness (QED) is 0.556. The van der Waals surface area contributed by atoms with Crippen molar-refractivity contribution in [2.75, 3.05) is 20.2 Å². The smallest absolute Gasteiger partial charge is 0.341 e. The molecule has 4 heterocycles. The first kappa shape index (κ1) is 20.8. The normalized spacial score (nSPS) is 27.5. The van der Waals surface area contributed by atoms with Gasteiger partial charge in [-0.3, -0.25) is 4.90 Å². The van der Waals surface area contributed by atoms with Crippen LogP contribution < -0.4 is 9.47 Å². The number of pyridine rings is 1. The van der Waals surface area contributed by atoms with E-state index in [4.69, 9.17) is 9.47 Å². The van der Waals surface area contributed by atoms with Gasteiger partial charge < -0.3 is 19.7 Å². The number of rotatable bonds is 6. The minimum absolute atomic E-state index is 0.0305. The third kappa shape index (κ3) is 3.80. The average Bonchev–Trinajstić information content (AvgIpc) is 2.77. The van der Waals surface area contributed by atoms with Crippen LogP contribution in [0.5, 0.6) is 11.6 Å². The molecule has 0 radical (unpaired) electrons. The summed E-state index contributed by atoms with van der Waals surface area (Å²) in [4.78, 5) is 18.6. The van der Waals surface area contributed by atoms with Crippen LogP contribution in [-0.2, 0) is 4.79 Å². The average molecular weight is 412 g/mol. The first-order chi connectivity index (χ1) is 14.4. The highest BCUT2D eigenvalue weighted by Crippen LogP contribution is 2.42. The van der Waals surface area contributed by atoms with Crippen molar-refractivity contribution in [3.8, 4) is 11.6 Å². The molecule has 7 nitrogen and oxygen atoms in total. The van der Waals surface area contributed by atoms with E-state index in [1.807, 2.05) is 12.1 Å². The highest BCUT2D eigenvalue weighted by Gasteiger charge is 2.42. The summed E-state index contributed by atoms with van der Waals surface area (Å²) in [5, 5.41) is 21.7. The molecule has 0 spiro atoms. The molecule has 6 atom stereocenters. The molecule has 2 bridgehead atoms. The third-order valence-corrected chi connectivity index (χ3v) is 6.41. The summed E-state index contributed by atoms with van der Waals surface area (Å²) < 4.78 is 10.6. The van der Waals surface area contributed by atoms with Crippen molar-refractivity contribution in [3.63, 3.8) is 0 Å². The van der Waals surface area contributed by atoms with Gasteiger partial charge in [0, 0.05) is 24.0 Å². The molecule has 0 amide bonds. The number of aliphatic hydroxyl groups excluding tert-OH is 2. The summed E-state index contributed by atoms with van der Waals surface area (Å²) in [6.45, 7) is 7.15. The molecule has 3 saturated heterocycles. The lowest BCUT2D eigenvalue weighted by molar-refractivity contribution is -0.143. The van der Waals surface area contributed by atoms with Gasteiger partial charge in [-0.2, -0.15) is 0 Å². The Morgan fingerprint density at radius 3 is 2.80 bits per heavy atom. The Morgan fingerprint density at radius 1 is 1.37 bits per heavy atom. The van der Waals surface area contributed by atoms with Crippen LogP contribution in [0.3, 0.4) is 0 Å². The van der Waals surface area contributed by atoms with Gasteiger partial charge in [-0.1, -0.05) is 6.08 Å². The largest absolute Gasteiger partial charge is 0.497 e. The minimum Gasteiger partial charge on any atom is -0.497 e. The highest BCUT2D eigenvalue weighted by atomic mass is 16.6. The van der Waals surface area contributed by atoms with E-state index in [2.05, 4.69) is 16.5 Å². The van der Waals surface area contributed by atoms with E-state index in [9.17, 15) is 15.0 Å². The van der Waals surface area contributed by atoms with E-state index < -0.39 is 18.2 Å². The molecular formula is C23H28N2O5. The number of esters is 1. The SMILES string of the molecule is C=C[C@H]1CN2CCC1C[C@H]2[C@H](O)c1cc(OC(=O)C(C)O)nc2ccc(OC)cc12. The second-order valence-corrected chi connectivity index (χ2v) is 8.22. The number of benzene rings is 1. The predicted octanol–water partition coefficient (Wildman–Crippen LogP) is 2.46. The van der Waals surface area contributed by atoms with Crippen molar-refractivity contribution in [3.05, 3.63) is 42.5 Å². The molecule has 3 fully saturated rings. The Hall–Kier alpha value is -2.48. The lowest BCUT2D eigenvalue weighted by Gasteiger charge is -2.50. The number of hydrogen-bond donors (Lipinski definition) is 2. The summed E-state index contributed by atoms with van der Waals surface area (Å²) in [7, 11) is 1.59. The number of piperidine rings is 3. The molecule has 1 aromatic heterocycles. The Labute approximate surface area is 175 Å². The molecule has 1 aromatic carbocycles. The predicted molar refractivity (Wildman–Crippen MR) is 112 cm³/mol. The maximum Gasteiger partial charge on any atom is 0.341 e. The molecule has 5 rings (SSSR count). The first-order valence-electron chi connectivity index (χ1n) is 10.3. The van der Waals surface area contributed by atoms with Gasteiger partial charge in [0.2, 0.25) is 5.88 Å². The van der Waals surface area contributed by atoms with Crippen molar-refractivity contribution in [1.29, 1.82) is 0 Å². The lowest BCUT2D eigenvalue weighted by atomic mass is 9.73. The number of carbonyl (C=O) groups is 1. The second kappa shape index (κ2) is 8.34. The van der Waals surface area contributed by atoms with Gasteiger partial charge in [0.05, 0.1) is 18.7 Å². The zero-order valence-electron chi connectivity index (χ0n) is 17.3. The number of aliphatic hydroxyl groups is 2. The maximum absolute atomic E-state index is 11.9. The number of methoxy groups -OCH3 is 1. The monoisotopic (exact) mass is 412 g/mol. The van der Waals surface area contributed by atoms with Crippen molar-refractivity contribution < 1.29 is 24.5 Å². The molecule has 2 N–H and O–H groups in total. The molecular weight excluding hydrogens is 384 g/mol. The van der Waals surface area contributed by atoms with Crippen LogP contribution >= 0.6 is 0 Å². The van der Waals surface area contributed by atoms with Crippen LogP contribution in [-0.4, -0.2) is 58.4 Å². The molecule has 7 heteroatoms. The fourth-order valence-corrected chi connectivity index (χ4v) is 4.73. The van der Waals surface area contributed by atoms with E-state index in [0.717, 1.165) is 31.3 Å². The highest BCUT2D eigenvalue weighted by molar-refractivity contribution is 5.85. The number of carbonyl (C=O) groups excluding carboxylic acids is 1. The lowest BCUT2D eigenvalue weighted by Crippen LogP contribution is -2.54. The zero-order valence-corrected chi connectivity index (χ0v) is 17.3. The summed E-state index contributed by atoms with van der Waals surface area (Å²) >= 11 is 0. The number of aromatic nitrogens is 1. The van der Waals surface area contributed by atoms with Gasteiger partial charge in [0.25, 0.3) is 0 Å².